The molecule has 0 unspecified atom stereocenters. The van der Waals surface area contributed by atoms with Crippen LogP contribution in [0.3, 0.4) is 0 Å². The van der Waals surface area contributed by atoms with Gasteiger partial charge in [-0.05, 0) is 49.4 Å². The van der Waals surface area contributed by atoms with Gasteiger partial charge < -0.3 is 10.1 Å². The van der Waals surface area contributed by atoms with Gasteiger partial charge in [0.2, 0.25) is 5.91 Å². The molecular formula is C15H18N2O2. The minimum absolute atomic E-state index is 0.0141. The van der Waals surface area contributed by atoms with Gasteiger partial charge in [0.1, 0.15) is 0 Å². The molecule has 1 aliphatic carbocycles. The van der Waals surface area contributed by atoms with Gasteiger partial charge in [-0.15, -0.1) is 0 Å². The molecule has 0 bridgehead atoms. The molecule has 4 heteroatoms. The van der Waals surface area contributed by atoms with Crippen LogP contribution in [0.4, 0.5) is 5.69 Å². The van der Waals surface area contributed by atoms with Crippen LogP contribution in [0.1, 0.15) is 31.2 Å². The number of nitrogens with one attached hydrogen (secondary N) is 1. The van der Waals surface area contributed by atoms with E-state index in [0.717, 1.165) is 24.6 Å². The van der Waals surface area contributed by atoms with Gasteiger partial charge in [-0.2, -0.15) is 5.26 Å². The monoisotopic (exact) mass is 258 g/mol. The van der Waals surface area contributed by atoms with Crippen molar-refractivity contribution < 1.29 is 9.53 Å². The summed E-state index contributed by atoms with van der Waals surface area (Å²) in [4.78, 5) is 11.6. The number of anilines is 1. The summed E-state index contributed by atoms with van der Waals surface area (Å²) in [6.45, 7) is 1.49. The molecule has 19 heavy (non-hydrogen) atoms. The van der Waals surface area contributed by atoms with Crippen molar-refractivity contribution in [2.75, 3.05) is 18.5 Å². The third kappa shape index (κ3) is 5.11. The first-order valence-corrected chi connectivity index (χ1v) is 6.65. The first-order valence-electron chi connectivity index (χ1n) is 6.65. The molecule has 0 atom stereocenters. The maximum absolute atomic E-state index is 11.6. The fourth-order valence-electron chi connectivity index (χ4n) is 1.72. The van der Waals surface area contributed by atoms with Crippen LogP contribution < -0.4 is 5.32 Å². The zero-order chi connectivity index (χ0) is 13.5. The largest absolute Gasteiger partial charge is 0.381 e. The number of rotatable bonds is 7. The Bertz CT molecular complexity index is 458. The quantitative estimate of drug-likeness (QED) is 0.765. The van der Waals surface area contributed by atoms with E-state index in [9.17, 15) is 4.79 Å². The summed E-state index contributed by atoms with van der Waals surface area (Å²) < 4.78 is 5.47. The van der Waals surface area contributed by atoms with Crippen LogP contribution in [0.15, 0.2) is 24.3 Å². The first kappa shape index (κ1) is 13.6. The van der Waals surface area contributed by atoms with E-state index in [1.807, 2.05) is 6.07 Å². The lowest BCUT2D eigenvalue weighted by Gasteiger charge is -2.05. The standard InChI is InChI=1S/C15H18N2O2/c16-10-12-5-7-14(8-6-12)17-15(18)2-1-9-19-11-13-3-4-13/h5-8,13H,1-4,9,11H2,(H,17,18). The number of carbonyl (C=O) groups is 1. The van der Waals surface area contributed by atoms with Crippen LogP contribution in [-0.4, -0.2) is 19.1 Å². The molecule has 1 aliphatic rings. The fourth-order valence-corrected chi connectivity index (χ4v) is 1.72. The molecule has 0 radical (unpaired) electrons. The Labute approximate surface area is 113 Å². The Hall–Kier alpha value is -1.86. The van der Waals surface area contributed by atoms with E-state index >= 15 is 0 Å². The normalized spacial score (nSPS) is 13.8. The SMILES string of the molecule is N#Cc1ccc(NC(=O)CCCOCC2CC2)cc1. The second kappa shape index (κ2) is 6.91. The maximum Gasteiger partial charge on any atom is 0.224 e. The molecule has 100 valence electrons. The summed E-state index contributed by atoms with van der Waals surface area (Å²) in [6, 6.07) is 8.89. The molecule has 1 fully saturated rings. The summed E-state index contributed by atoms with van der Waals surface area (Å²) in [5, 5.41) is 11.5. The topological polar surface area (TPSA) is 62.1 Å². The summed E-state index contributed by atoms with van der Waals surface area (Å²) in [7, 11) is 0. The van der Waals surface area contributed by atoms with E-state index < -0.39 is 0 Å². The highest BCUT2D eigenvalue weighted by Gasteiger charge is 2.20. The highest BCUT2D eigenvalue weighted by Crippen LogP contribution is 2.28. The molecule has 1 aromatic carbocycles. The molecule has 0 saturated heterocycles. The number of hydrogen-bond acceptors (Lipinski definition) is 3. The van der Waals surface area contributed by atoms with Gasteiger partial charge in [-0.1, -0.05) is 0 Å². The Balaban J connectivity index is 1.61. The van der Waals surface area contributed by atoms with Crippen molar-refractivity contribution in [1.29, 1.82) is 5.26 Å². The third-order valence-corrected chi connectivity index (χ3v) is 3.04. The smallest absolute Gasteiger partial charge is 0.224 e. The first-order chi connectivity index (χ1) is 9.28. The molecule has 1 N–H and O–H groups in total. The molecule has 1 amide bonds. The van der Waals surface area contributed by atoms with E-state index in [0.29, 0.717) is 18.6 Å². The minimum Gasteiger partial charge on any atom is -0.381 e. The number of amides is 1. The van der Waals surface area contributed by atoms with E-state index in [-0.39, 0.29) is 5.91 Å². The van der Waals surface area contributed by atoms with Gasteiger partial charge in [0.15, 0.2) is 0 Å². The number of nitriles is 1. The van der Waals surface area contributed by atoms with Crippen molar-refractivity contribution in [2.45, 2.75) is 25.7 Å². The van der Waals surface area contributed by atoms with Crippen LogP contribution in [-0.2, 0) is 9.53 Å². The van der Waals surface area contributed by atoms with Gasteiger partial charge >= 0.3 is 0 Å². The minimum atomic E-state index is -0.0141. The van der Waals surface area contributed by atoms with Gasteiger partial charge in [0.05, 0.1) is 11.6 Å². The number of nitrogens with zero attached hydrogens (tertiary/aromatic N) is 1. The van der Waals surface area contributed by atoms with Crippen LogP contribution in [0, 0.1) is 17.2 Å². The van der Waals surface area contributed by atoms with E-state index in [4.69, 9.17) is 10.00 Å². The van der Waals surface area contributed by atoms with E-state index in [1.165, 1.54) is 12.8 Å². The van der Waals surface area contributed by atoms with Crippen LogP contribution >= 0.6 is 0 Å². The van der Waals surface area contributed by atoms with Crippen molar-refractivity contribution in [3.05, 3.63) is 29.8 Å². The Kier molecular flexibility index (Phi) is 4.93. The zero-order valence-electron chi connectivity index (χ0n) is 10.9. The van der Waals surface area contributed by atoms with Crippen molar-refractivity contribution >= 4 is 11.6 Å². The Morgan fingerprint density at radius 3 is 2.74 bits per heavy atom. The summed E-state index contributed by atoms with van der Waals surface area (Å²) >= 11 is 0. The van der Waals surface area contributed by atoms with Gasteiger partial charge in [-0.25, -0.2) is 0 Å². The predicted octanol–water partition coefficient (Wildman–Crippen LogP) is 2.70. The molecular weight excluding hydrogens is 240 g/mol. The lowest BCUT2D eigenvalue weighted by Crippen LogP contribution is -2.12. The molecule has 0 heterocycles. The summed E-state index contributed by atoms with van der Waals surface area (Å²) in [5.41, 5.74) is 1.31. The highest BCUT2D eigenvalue weighted by atomic mass is 16.5. The van der Waals surface area contributed by atoms with Crippen molar-refractivity contribution in [1.82, 2.24) is 0 Å². The Morgan fingerprint density at radius 2 is 2.11 bits per heavy atom. The number of ether oxygens (including phenoxy) is 1. The molecule has 4 nitrogen and oxygen atoms in total. The fraction of sp³-hybridized carbons (Fsp3) is 0.467. The predicted molar refractivity (Wildman–Crippen MR) is 72.6 cm³/mol. The van der Waals surface area contributed by atoms with Gasteiger partial charge in [0.25, 0.3) is 0 Å². The summed E-state index contributed by atoms with van der Waals surface area (Å²) in [5.74, 6) is 0.757. The van der Waals surface area contributed by atoms with E-state index in [2.05, 4.69) is 5.32 Å². The average Bonchev–Trinajstić information content (AvgIpc) is 3.23. The molecule has 1 saturated carbocycles. The van der Waals surface area contributed by atoms with E-state index in [1.54, 1.807) is 24.3 Å². The molecule has 0 spiro atoms. The lowest BCUT2D eigenvalue weighted by molar-refractivity contribution is -0.116. The van der Waals surface area contributed by atoms with Crippen LogP contribution in [0.2, 0.25) is 0 Å². The third-order valence-electron chi connectivity index (χ3n) is 3.04. The Morgan fingerprint density at radius 1 is 1.37 bits per heavy atom. The molecule has 1 aromatic rings. The van der Waals surface area contributed by atoms with Crippen molar-refractivity contribution in [2.24, 2.45) is 5.92 Å². The van der Waals surface area contributed by atoms with Crippen molar-refractivity contribution in [3.8, 4) is 6.07 Å². The average molecular weight is 258 g/mol. The number of hydrogen-bond donors (Lipinski definition) is 1. The van der Waals surface area contributed by atoms with Crippen LogP contribution in [0.25, 0.3) is 0 Å². The summed E-state index contributed by atoms with van der Waals surface area (Å²) in [6.07, 6.45) is 3.79. The zero-order valence-corrected chi connectivity index (χ0v) is 10.9. The van der Waals surface area contributed by atoms with Gasteiger partial charge in [0, 0.05) is 25.3 Å². The molecule has 2 rings (SSSR count). The second-order valence-corrected chi connectivity index (χ2v) is 4.86. The number of benzene rings is 1. The number of carbonyl (C=O) groups excluding carboxylic acids is 1. The van der Waals surface area contributed by atoms with Crippen molar-refractivity contribution in [3.63, 3.8) is 0 Å². The lowest BCUT2D eigenvalue weighted by atomic mass is 10.2. The molecule has 0 aromatic heterocycles. The van der Waals surface area contributed by atoms with Crippen LogP contribution in [0.5, 0.6) is 0 Å². The second-order valence-electron chi connectivity index (χ2n) is 4.86. The molecule has 0 aliphatic heterocycles. The maximum atomic E-state index is 11.6. The van der Waals surface area contributed by atoms with Gasteiger partial charge in [-0.3, -0.25) is 4.79 Å². The highest BCUT2D eigenvalue weighted by molar-refractivity contribution is 5.90.